The van der Waals surface area contributed by atoms with E-state index in [0.717, 1.165) is 0 Å². The fraction of sp³-hybridized carbons (Fsp3) is 0.417. The van der Waals surface area contributed by atoms with Crippen molar-refractivity contribution in [2.24, 2.45) is 7.05 Å². The highest BCUT2D eigenvalue weighted by Crippen LogP contribution is 2.11. The average Bonchev–Trinajstić information content (AvgIpc) is 2.78. The summed E-state index contributed by atoms with van der Waals surface area (Å²) in [5, 5.41) is 17.9. The molecule has 3 N–H and O–H groups in total. The number of carboxylic acid groups (broad SMARTS) is 1. The number of carbonyl (C=O) groups is 2. The Kier molecular flexibility index (Phi) is 5.41. The van der Waals surface area contributed by atoms with Crippen LogP contribution in [0.15, 0.2) is 12.4 Å². The Morgan fingerprint density at radius 3 is 2.84 bits per heavy atom. The molecule has 1 heterocycles. The zero-order chi connectivity index (χ0) is 14.3. The molecule has 0 aromatic carbocycles. The van der Waals surface area contributed by atoms with Gasteiger partial charge in [0.15, 0.2) is 6.04 Å². The van der Waals surface area contributed by atoms with Crippen LogP contribution >= 0.6 is 0 Å². The summed E-state index contributed by atoms with van der Waals surface area (Å²) >= 11 is 0. The number of carbonyl (C=O) groups excluding carboxylic acids is 1. The molecule has 0 aliphatic rings. The van der Waals surface area contributed by atoms with E-state index < -0.39 is 18.0 Å². The molecule has 0 saturated carbocycles. The van der Waals surface area contributed by atoms with Crippen molar-refractivity contribution in [3.05, 3.63) is 18.0 Å². The highest BCUT2D eigenvalue weighted by atomic mass is 16.4. The highest BCUT2D eigenvalue weighted by molar-refractivity contribution is 5.83. The van der Waals surface area contributed by atoms with E-state index in [9.17, 15) is 9.59 Å². The predicted molar refractivity (Wildman–Crippen MR) is 68.2 cm³/mol. The zero-order valence-corrected chi connectivity index (χ0v) is 10.8. The Hall–Kier alpha value is -2.49. The number of urea groups is 1. The summed E-state index contributed by atoms with van der Waals surface area (Å²) < 4.78 is 1.47. The van der Waals surface area contributed by atoms with Crippen LogP contribution in [0, 0.1) is 11.8 Å². The first-order valence-corrected chi connectivity index (χ1v) is 5.70. The largest absolute Gasteiger partial charge is 0.479 e. The van der Waals surface area contributed by atoms with Crippen LogP contribution in [-0.2, 0) is 11.8 Å². The van der Waals surface area contributed by atoms with Crippen LogP contribution in [-0.4, -0.2) is 33.4 Å². The molecule has 7 heteroatoms. The van der Waals surface area contributed by atoms with E-state index in [2.05, 4.69) is 27.6 Å². The lowest BCUT2D eigenvalue weighted by Gasteiger charge is -2.13. The second-order valence-electron chi connectivity index (χ2n) is 3.80. The normalized spacial score (nSPS) is 11.1. The van der Waals surface area contributed by atoms with E-state index in [1.54, 1.807) is 20.2 Å². The number of hydrogen-bond acceptors (Lipinski definition) is 3. The molecule has 1 aromatic heterocycles. The minimum Gasteiger partial charge on any atom is -0.479 e. The van der Waals surface area contributed by atoms with Gasteiger partial charge in [-0.1, -0.05) is 0 Å². The van der Waals surface area contributed by atoms with Crippen LogP contribution in [0.2, 0.25) is 0 Å². The monoisotopic (exact) mass is 264 g/mol. The fourth-order valence-corrected chi connectivity index (χ4v) is 1.42. The second-order valence-corrected chi connectivity index (χ2v) is 3.80. The maximum atomic E-state index is 11.5. The van der Waals surface area contributed by atoms with Gasteiger partial charge in [0.25, 0.3) is 0 Å². The summed E-state index contributed by atoms with van der Waals surface area (Å²) in [6, 6.07) is -1.67. The molecule has 1 atom stereocenters. The first-order valence-electron chi connectivity index (χ1n) is 5.70. The lowest BCUT2D eigenvalue weighted by molar-refractivity contribution is -0.139. The predicted octanol–water partition coefficient (Wildman–Crippen LogP) is 0.258. The molecule has 2 amide bonds. The minimum absolute atomic E-state index is 0.367. The third-order valence-electron chi connectivity index (χ3n) is 2.29. The number of aryl methyl sites for hydroxylation is 1. The molecule has 7 nitrogen and oxygen atoms in total. The molecule has 0 saturated heterocycles. The number of hydrogen-bond donors (Lipinski definition) is 3. The average molecular weight is 264 g/mol. The number of nitrogens with zero attached hydrogens (tertiary/aromatic N) is 2. The Balaban J connectivity index is 2.56. The summed E-state index contributed by atoms with van der Waals surface area (Å²) in [6.07, 6.45) is 3.47. The van der Waals surface area contributed by atoms with Gasteiger partial charge in [-0.05, 0) is 6.92 Å². The Bertz CT molecular complexity index is 513. The van der Waals surface area contributed by atoms with Gasteiger partial charge in [0, 0.05) is 31.8 Å². The highest BCUT2D eigenvalue weighted by Gasteiger charge is 2.23. The summed E-state index contributed by atoms with van der Waals surface area (Å²) in [6.45, 7) is 2.08. The summed E-state index contributed by atoms with van der Waals surface area (Å²) in [4.78, 5) is 22.7. The van der Waals surface area contributed by atoms with Crippen molar-refractivity contribution < 1.29 is 14.7 Å². The molecule has 0 aliphatic carbocycles. The number of amides is 2. The van der Waals surface area contributed by atoms with E-state index >= 15 is 0 Å². The Morgan fingerprint density at radius 2 is 2.32 bits per heavy atom. The van der Waals surface area contributed by atoms with Gasteiger partial charge in [-0.2, -0.15) is 5.10 Å². The fourth-order valence-electron chi connectivity index (χ4n) is 1.42. The number of nitrogens with one attached hydrogen (secondary N) is 2. The Morgan fingerprint density at radius 1 is 1.58 bits per heavy atom. The lowest BCUT2D eigenvalue weighted by atomic mass is 10.1. The molecule has 1 unspecified atom stereocenters. The van der Waals surface area contributed by atoms with E-state index in [1.165, 1.54) is 10.9 Å². The molecule has 1 rings (SSSR count). The SMILES string of the molecule is CC#CCCNC(=O)NC(C(=O)O)c1cnn(C)c1. The van der Waals surface area contributed by atoms with Crippen molar-refractivity contribution in [2.45, 2.75) is 19.4 Å². The van der Waals surface area contributed by atoms with E-state index in [1.807, 2.05) is 0 Å². The third-order valence-corrected chi connectivity index (χ3v) is 2.29. The van der Waals surface area contributed by atoms with Gasteiger partial charge in [0.2, 0.25) is 0 Å². The lowest BCUT2D eigenvalue weighted by Crippen LogP contribution is -2.41. The van der Waals surface area contributed by atoms with Crippen molar-refractivity contribution >= 4 is 12.0 Å². The van der Waals surface area contributed by atoms with E-state index in [4.69, 9.17) is 5.11 Å². The molecule has 0 fully saturated rings. The maximum Gasteiger partial charge on any atom is 0.331 e. The molecular weight excluding hydrogens is 248 g/mol. The molecule has 0 spiro atoms. The van der Waals surface area contributed by atoms with Crippen LogP contribution in [0.25, 0.3) is 0 Å². The van der Waals surface area contributed by atoms with Crippen molar-refractivity contribution in [3.63, 3.8) is 0 Å². The summed E-state index contributed by atoms with van der Waals surface area (Å²) in [5.41, 5.74) is 0.415. The molecule has 102 valence electrons. The Labute approximate surface area is 111 Å². The number of aromatic nitrogens is 2. The van der Waals surface area contributed by atoms with Crippen molar-refractivity contribution in [1.29, 1.82) is 0 Å². The van der Waals surface area contributed by atoms with Crippen LogP contribution < -0.4 is 10.6 Å². The molecular formula is C12H16N4O3. The van der Waals surface area contributed by atoms with Gasteiger partial charge in [-0.15, -0.1) is 11.8 Å². The van der Waals surface area contributed by atoms with Gasteiger partial charge in [0.1, 0.15) is 0 Å². The second kappa shape index (κ2) is 7.06. The number of carboxylic acids is 1. The van der Waals surface area contributed by atoms with Gasteiger partial charge >= 0.3 is 12.0 Å². The zero-order valence-electron chi connectivity index (χ0n) is 10.8. The number of rotatable bonds is 5. The van der Waals surface area contributed by atoms with E-state index in [-0.39, 0.29) is 0 Å². The summed E-state index contributed by atoms with van der Waals surface area (Å²) in [5.74, 6) is 4.35. The molecule has 1 aromatic rings. The molecule has 0 aliphatic heterocycles. The van der Waals surface area contributed by atoms with Gasteiger partial charge in [-0.3, -0.25) is 4.68 Å². The van der Waals surface area contributed by atoms with Gasteiger partial charge in [0.05, 0.1) is 6.20 Å². The van der Waals surface area contributed by atoms with Crippen LogP contribution in [0.3, 0.4) is 0 Å². The maximum absolute atomic E-state index is 11.5. The molecule has 0 bridgehead atoms. The molecule has 0 radical (unpaired) electrons. The third kappa shape index (κ3) is 4.71. The quantitative estimate of drug-likeness (QED) is 0.525. The van der Waals surface area contributed by atoms with E-state index in [0.29, 0.717) is 18.5 Å². The van der Waals surface area contributed by atoms with Crippen molar-refractivity contribution in [3.8, 4) is 11.8 Å². The van der Waals surface area contributed by atoms with Crippen LogP contribution in [0.1, 0.15) is 24.9 Å². The van der Waals surface area contributed by atoms with Crippen LogP contribution in [0.4, 0.5) is 4.79 Å². The standard InChI is InChI=1S/C12H16N4O3/c1-3-4-5-6-13-12(19)15-10(11(17)18)9-7-14-16(2)8-9/h7-8,10H,5-6H2,1-2H3,(H,17,18)(H2,13,15,19). The molecule has 19 heavy (non-hydrogen) atoms. The van der Waals surface area contributed by atoms with Gasteiger partial charge < -0.3 is 15.7 Å². The minimum atomic E-state index is -1.14. The first kappa shape index (κ1) is 14.6. The van der Waals surface area contributed by atoms with Crippen LogP contribution in [0.5, 0.6) is 0 Å². The topological polar surface area (TPSA) is 96.2 Å². The summed E-state index contributed by atoms with van der Waals surface area (Å²) in [7, 11) is 1.67. The van der Waals surface area contributed by atoms with Gasteiger partial charge in [-0.25, -0.2) is 9.59 Å². The first-order chi connectivity index (χ1) is 9.04. The van der Waals surface area contributed by atoms with Crippen molar-refractivity contribution in [1.82, 2.24) is 20.4 Å². The van der Waals surface area contributed by atoms with Crippen molar-refractivity contribution in [2.75, 3.05) is 6.54 Å². The number of aliphatic carboxylic acids is 1. The smallest absolute Gasteiger partial charge is 0.331 e.